The van der Waals surface area contributed by atoms with E-state index < -0.39 is 0 Å². The lowest BCUT2D eigenvalue weighted by Crippen LogP contribution is -2.29. The molecule has 0 saturated heterocycles. The largest absolute Gasteiger partial charge is 0.468 e. The van der Waals surface area contributed by atoms with Crippen LogP contribution < -0.4 is 5.32 Å². The molecular weight excluding hydrogens is 284 g/mol. The summed E-state index contributed by atoms with van der Waals surface area (Å²) in [6.07, 6.45) is 0. The first-order valence-electron chi connectivity index (χ1n) is 5.09. The van der Waals surface area contributed by atoms with Crippen molar-refractivity contribution in [3.05, 3.63) is 35.4 Å². The van der Waals surface area contributed by atoms with Gasteiger partial charge >= 0.3 is 5.97 Å². The summed E-state index contributed by atoms with van der Waals surface area (Å²) in [5, 5.41) is 11.9. The fourth-order valence-corrected chi connectivity index (χ4v) is 1.72. The van der Waals surface area contributed by atoms with Gasteiger partial charge in [-0.1, -0.05) is 28.1 Å². The Bertz CT molecular complexity index is 429. The van der Waals surface area contributed by atoms with Crippen molar-refractivity contribution >= 4 is 21.9 Å². The van der Waals surface area contributed by atoms with Crippen molar-refractivity contribution in [1.29, 1.82) is 5.26 Å². The third-order valence-electron chi connectivity index (χ3n) is 2.17. The highest BCUT2D eigenvalue weighted by molar-refractivity contribution is 9.10. The normalized spacial score (nSPS) is 11.6. The second-order valence-electron chi connectivity index (χ2n) is 3.43. The van der Waals surface area contributed by atoms with Gasteiger partial charge in [0.1, 0.15) is 4.83 Å². The van der Waals surface area contributed by atoms with Gasteiger partial charge in [0.05, 0.1) is 18.7 Å². The number of carbonyl (C=O) groups excluding carboxylic acids is 1. The highest BCUT2D eigenvalue weighted by Gasteiger charge is 2.13. The molecule has 1 N–H and O–H groups in total. The second-order valence-corrected chi connectivity index (χ2v) is 4.54. The average molecular weight is 297 g/mol. The first kappa shape index (κ1) is 13.7. The third kappa shape index (κ3) is 4.55. The summed E-state index contributed by atoms with van der Waals surface area (Å²) in [4.78, 5) is 10.7. The van der Waals surface area contributed by atoms with Crippen LogP contribution in [0.3, 0.4) is 0 Å². The van der Waals surface area contributed by atoms with E-state index in [2.05, 4.69) is 32.1 Å². The number of ether oxygens (including phenoxy) is 1. The maximum atomic E-state index is 11.1. The van der Waals surface area contributed by atoms with Gasteiger partial charge in [-0.15, -0.1) is 0 Å². The number of nitrogens with one attached hydrogen (secondary N) is 1. The molecule has 0 bridgehead atoms. The van der Waals surface area contributed by atoms with Crippen LogP contribution in [0.2, 0.25) is 0 Å². The Morgan fingerprint density at radius 3 is 3.06 bits per heavy atom. The molecule has 0 saturated carbocycles. The van der Waals surface area contributed by atoms with Gasteiger partial charge in [0.15, 0.2) is 0 Å². The number of alkyl halides is 1. The summed E-state index contributed by atoms with van der Waals surface area (Å²) in [6, 6.07) is 9.41. The number of carbonyl (C=O) groups is 1. The number of halogens is 1. The molecule has 0 heterocycles. The molecule has 0 aliphatic carbocycles. The lowest BCUT2D eigenvalue weighted by atomic mass is 10.1. The molecular formula is C12H13BrN2O2. The van der Waals surface area contributed by atoms with Gasteiger partial charge in [-0.05, 0) is 17.7 Å². The van der Waals surface area contributed by atoms with Gasteiger partial charge in [0.2, 0.25) is 0 Å². The summed E-state index contributed by atoms with van der Waals surface area (Å²) >= 11 is 3.22. The van der Waals surface area contributed by atoms with Gasteiger partial charge in [-0.3, -0.25) is 4.79 Å². The first-order valence-corrected chi connectivity index (χ1v) is 6.00. The lowest BCUT2D eigenvalue weighted by molar-refractivity contribution is -0.139. The minimum atomic E-state index is -0.355. The maximum Gasteiger partial charge on any atom is 0.320 e. The van der Waals surface area contributed by atoms with Crippen molar-refractivity contribution in [3.63, 3.8) is 0 Å². The lowest BCUT2D eigenvalue weighted by Gasteiger charge is -2.09. The number of hydrogen-bond donors (Lipinski definition) is 1. The fourth-order valence-electron chi connectivity index (χ4n) is 1.31. The van der Waals surface area contributed by atoms with Crippen molar-refractivity contribution < 1.29 is 9.53 Å². The van der Waals surface area contributed by atoms with Gasteiger partial charge in [0, 0.05) is 13.1 Å². The van der Waals surface area contributed by atoms with Crippen LogP contribution in [-0.2, 0) is 16.1 Å². The number of esters is 1. The van der Waals surface area contributed by atoms with E-state index in [1.165, 1.54) is 7.11 Å². The standard InChI is InChI=1S/C12H13BrN2O2/c1-17-12(16)11(13)8-15-7-10-4-2-3-9(5-10)6-14/h2-5,11,15H,7-8H2,1H3. The van der Waals surface area contributed by atoms with E-state index in [4.69, 9.17) is 5.26 Å². The van der Waals surface area contributed by atoms with E-state index in [0.29, 0.717) is 18.7 Å². The molecule has 1 aromatic rings. The Labute approximate surface area is 109 Å². The zero-order valence-electron chi connectivity index (χ0n) is 9.44. The molecule has 0 fully saturated rings. The molecule has 0 aliphatic rings. The molecule has 17 heavy (non-hydrogen) atoms. The van der Waals surface area contributed by atoms with E-state index >= 15 is 0 Å². The van der Waals surface area contributed by atoms with Crippen LogP contribution in [0.4, 0.5) is 0 Å². The topological polar surface area (TPSA) is 62.1 Å². The number of hydrogen-bond acceptors (Lipinski definition) is 4. The summed E-state index contributed by atoms with van der Waals surface area (Å²) in [5.74, 6) is -0.303. The fraction of sp³-hybridized carbons (Fsp3) is 0.333. The monoisotopic (exact) mass is 296 g/mol. The van der Waals surface area contributed by atoms with Crippen LogP contribution >= 0.6 is 15.9 Å². The molecule has 0 aliphatic heterocycles. The molecule has 1 atom stereocenters. The smallest absolute Gasteiger partial charge is 0.320 e. The van der Waals surface area contributed by atoms with Gasteiger partial charge in [-0.2, -0.15) is 5.26 Å². The SMILES string of the molecule is COC(=O)C(Br)CNCc1cccc(C#N)c1. The molecule has 4 nitrogen and oxygen atoms in total. The van der Waals surface area contributed by atoms with Crippen molar-refractivity contribution in [1.82, 2.24) is 5.32 Å². The average Bonchev–Trinajstić information content (AvgIpc) is 2.37. The molecule has 0 spiro atoms. The maximum absolute atomic E-state index is 11.1. The summed E-state index contributed by atoms with van der Waals surface area (Å²) < 4.78 is 4.58. The van der Waals surface area contributed by atoms with Crippen LogP contribution in [0.1, 0.15) is 11.1 Å². The molecule has 90 valence electrons. The van der Waals surface area contributed by atoms with Crippen LogP contribution in [0.5, 0.6) is 0 Å². The summed E-state index contributed by atoms with van der Waals surface area (Å²) in [6.45, 7) is 1.08. The van der Waals surface area contributed by atoms with Crippen molar-refractivity contribution in [3.8, 4) is 6.07 Å². The predicted molar refractivity (Wildman–Crippen MR) is 67.6 cm³/mol. The Morgan fingerprint density at radius 2 is 2.41 bits per heavy atom. The van der Waals surface area contributed by atoms with Crippen molar-refractivity contribution in [2.45, 2.75) is 11.4 Å². The number of methoxy groups -OCH3 is 1. The summed E-state index contributed by atoms with van der Waals surface area (Å²) in [7, 11) is 1.35. The van der Waals surface area contributed by atoms with Crippen LogP contribution in [0.15, 0.2) is 24.3 Å². The zero-order chi connectivity index (χ0) is 12.7. The van der Waals surface area contributed by atoms with Crippen LogP contribution in [0, 0.1) is 11.3 Å². The van der Waals surface area contributed by atoms with E-state index in [-0.39, 0.29) is 10.8 Å². The molecule has 5 heteroatoms. The Kier molecular flexibility index (Phi) is 5.67. The number of benzene rings is 1. The van der Waals surface area contributed by atoms with Gasteiger partial charge < -0.3 is 10.1 Å². The minimum absolute atomic E-state index is 0.303. The third-order valence-corrected chi connectivity index (χ3v) is 2.86. The van der Waals surface area contributed by atoms with Gasteiger partial charge in [-0.25, -0.2) is 0 Å². The van der Waals surface area contributed by atoms with E-state index in [1.54, 1.807) is 6.07 Å². The Hall–Kier alpha value is -1.38. The van der Waals surface area contributed by atoms with Gasteiger partial charge in [0.25, 0.3) is 0 Å². The molecule has 0 aromatic heterocycles. The van der Waals surface area contributed by atoms with Crippen LogP contribution in [0.25, 0.3) is 0 Å². The van der Waals surface area contributed by atoms with E-state index in [9.17, 15) is 4.79 Å². The predicted octanol–water partition coefficient (Wildman–Crippen LogP) is 1.58. The van der Waals surface area contributed by atoms with E-state index in [1.807, 2.05) is 18.2 Å². The first-order chi connectivity index (χ1) is 8.17. The van der Waals surface area contributed by atoms with Crippen molar-refractivity contribution in [2.24, 2.45) is 0 Å². The molecule has 0 amide bonds. The Morgan fingerprint density at radius 1 is 1.65 bits per heavy atom. The molecule has 1 rings (SSSR count). The molecule has 1 aromatic carbocycles. The molecule has 0 radical (unpaired) electrons. The van der Waals surface area contributed by atoms with Crippen LogP contribution in [-0.4, -0.2) is 24.5 Å². The highest BCUT2D eigenvalue weighted by Crippen LogP contribution is 2.05. The molecule has 1 unspecified atom stereocenters. The van der Waals surface area contributed by atoms with E-state index in [0.717, 1.165) is 5.56 Å². The summed E-state index contributed by atoms with van der Waals surface area (Å²) in [5.41, 5.74) is 1.64. The number of nitriles is 1. The zero-order valence-corrected chi connectivity index (χ0v) is 11.0. The second kappa shape index (κ2) is 7.05. The quantitative estimate of drug-likeness (QED) is 0.662. The number of nitrogens with zero attached hydrogens (tertiary/aromatic N) is 1. The Balaban J connectivity index is 2.41. The number of rotatable bonds is 5. The minimum Gasteiger partial charge on any atom is -0.468 e. The van der Waals surface area contributed by atoms with Crippen molar-refractivity contribution in [2.75, 3.05) is 13.7 Å². The highest BCUT2D eigenvalue weighted by atomic mass is 79.9.